The maximum absolute atomic E-state index is 13.1. The van der Waals surface area contributed by atoms with E-state index in [1.807, 2.05) is 0 Å². The van der Waals surface area contributed by atoms with Gasteiger partial charge in [0.2, 0.25) is 6.79 Å². The molecule has 0 radical (unpaired) electrons. The van der Waals surface area contributed by atoms with Crippen LogP contribution in [-0.4, -0.2) is 28.7 Å². The number of hydrazone groups is 1. The molecule has 2 aromatic carbocycles. The van der Waals surface area contributed by atoms with Crippen LogP contribution in [0.4, 0.5) is 4.39 Å². The van der Waals surface area contributed by atoms with Crippen LogP contribution in [0, 0.1) is 12.7 Å². The van der Waals surface area contributed by atoms with Gasteiger partial charge in [-0.2, -0.15) is 10.2 Å². The number of hydrogen-bond acceptors (Lipinski definition) is 5. The number of carbonyl (C=O) groups excluding carboxylic acids is 1. The maximum atomic E-state index is 13.1. The molecule has 0 aliphatic carbocycles. The molecule has 9 heteroatoms. The fourth-order valence-corrected chi connectivity index (χ4v) is 3.12. The quantitative estimate of drug-likeness (QED) is 0.512. The fourth-order valence-electron chi connectivity index (χ4n) is 2.84. The number of nitrogens with one attached hydrogen (secondary N) is 1. The summed E-state index contributed by atoms with van der Waals surface area (Å²) in [5, 5.41) is 8.73. The van der Waals surface area contributed by atoms with Crippen LogP contribution in [0.25, 0.3) is 0 Å². The lowest BCUT2D eigenvalue weighted by Gasteiger charge is -2.03. The Morgan fingerprint density at radius 2 is 2.03 bits per heavy atom. The molecule has 4 rings (SSSR count). The van der Waals surface area contributed by atoms with E-state index in [2.05, 4.69) is 15.6 Å². The second-order valence-corrected chi connectivity index (χ2v) is 6.70. The van der Waals surface area contributed by atoms with Gasteiger partial charge in [-0.05, 0) is 42.8 Å². The summed E-state index contributed by atoms with van der Waals surface area (Å²) in [4.78, 5) is 12.3. The molecule has 0 fully saturated rings. The third-order valence-corrected chi connectivity index (χ3v) is 4.75. The minimum Gasteiger partial charge on any atom is -0.454 e. The van der Waals surface area contributed by atoms with Gasteiger partial charge in [0, 0.05) is 5.56 Å². The summed E-state index contributed by atoms with van der Waals surface area (Å²) in [5.74, 6) is 0.415. The predicted molar refractivity (Wildman–Crippen MR) is 105 cm³/mol. The minimum absolute atomic E-state index is 0.137. The number of ether oxygens (including phenoxy) is 2. The minimum atomic E-state index is -0.396. The number of benzene rings is 2. The number of amides is 1. The van der Waals surface area contributed by atoms with Gasteiger partial charge in [0.25, 0.3) is 5.91 Å². The summed E-state index contributed by atoms with van der Waals surface area (Å²) in [6.07, 6.45) is 1.44. The zero-order chi connectivity index (χ0) is 20.4. The Bertz CT molecular complexity index is 1100. The van der Waals surface area contributed by atoms with Gasteiger partial charge < -0.3 is 9.47 Å². The average Bonchev–Trinajstić information content (AvgIpc) is 3.28. The second-order valence-electron chi connectivity index (χ2n) is 6.34. The number of carbonyl (C=O) groups is 1. The predicted octanol–water partition coefficient (Wildman–Crippen LogP) is 3.52. The normalized spacial score (nSPS) is 12.5. The van der Waals surface area contributed by atoms with Gasteiger partial charge in [-0.25, -0.2) is 14.5 Å². The van der Waals surface area contributed by atoms with Crippen LogP contribution in [-0.2, 0) is 6.54 Å². The Balaban J connectivity index is 1.45. The highest BCUT2D eigenvalue weighted by Crippen LogP contribution is 2.32. The monoisotopic (exact) mass is 414 g/mol. The molecule has 0 unspecified atom stereocenters. The first-order valence-corrected chi connectivity index (χ1v) is 9.09. The van der Waals surface area contributed by atoms with Gasteiger partial charge in [0.1, 0.15) is 11.0 Å². The first kappa shape index (κ1) is 18.9. The van der Waals surface area contributed by atoms with E-state index in [0.717, 1.165) is 5.56 Å². The number of rotatable bonds is 5. The van der Waals surface area contributed by atoms with Crippen molar-refractivity contribution in [2.45, 2.75) is 13.5 Å². The van der Waals surface area contributed by atoms with Gasteiger partial charge in [-0.15, -0.1) is 0 Å². The SMILES string of the molecule is Cc1nn(Cc2ccc(F)cc2)c(Cl)c1/C=N\NC(=O)c1ccc2c(c1)OCO2. The van der Waals surface area contributed by atoms with E-state index < -0.39 is 5.91 Å². The van der Waals surface area contributed by atoms with Crippen molar-refractivity contribution < 1.29 is 18.7 Å². The van der Waals surface area contributed by atoms with Crippen molar-refractivity contribution in [3.63, 3.8) is 0 Å². The zero-order valence-electron chi connectivity index (χ0n) is 15.4. The highest BCUT2D eigenvalue weighted by Gasteiger charge is 2.16. The molecular formula is C20H16ClFN4O3. The first-order chi connectivity index (χ1) is 14.0. The topological polar surface area (TPSA) is 77.7 Å². The number of aryl methyl sites for hydroxylation is 1. The van der Waals surface area contributed by atoms with E-state index in [-0.39, 0.29) is 12.6 Å². The van der Waals surface area contributed by atoms with E-state index in [0.29, 0.717) is 40.0 Å². The molecule has 1 N–H and O–H groups in total. The highest BCUT2D eigenvalue weighted by molar-refractivity contribution is 6.32. The molecule has 0 spiro atoms. The fraction of sp³-hybridized carbons (Fsp3) is 0.150. The van der Waals surface area contributed by atoms with E-state index in [1.165, 1.54) is 18.3 Å². The maximum Gasteiger partial charge on any atom is 0.271 e. The standard InChI is InChI=1S/C20H16ClFN4O3/c1-12-16(19(21)26(25-12)10-13-2-5-15(22)6-3-13)9-23-24-20(27)14-4-7-17-18(8-14)29-11-28-17/h2-9H,10-11H2,1H3,(H,24,27)/b23-9-. The summed E-state index contributed by atoms with van der Waals surface area (Å²) in [6, 6.07) is 11.0. The summed E-state index contributed by atoms with van der Waals surface area (Å²) < 4.78 is 25.1. The number of halogens is 2. The molecule has 1 aromatic heterocycles. The molecule has 1 amide bonds. The van der Waals surface area contributed by atoms with Crippen molar-refractivity contribution >= 4 is 23.7 Å². The van der Waals surface area contributed by atoms with Crippen LogP contribution < -0.4 is 14.9 Å². The Morgan fingerprint density at radius 1 is 1.28 bits per heavy atom. The molecule has 1 aliphatic rings. The molecule has 2 heterocycles. The van der Waals surface area contributed by atoms with Crippen LogP contribution in [0.5, 0.6) is 11.5 Å². The molecular weight excluding hydrogens is 399 g/mol. The molecule has 1 aliphatic heterocycles. The average molecular weight is 415 g/mol. The largest absolute Gasteiger partial charge is 0.454 e. The van der Waals surface area contributed by atoms with Crippen LogP contribution in [0.2, 0.25) is 5.15 Å². The van der Waals surface area contributed by atoms with E-state index in [4.69, 9.17) is 21.1 Å². The third kappa shape index (κ3) is 4.07. The van der Waals surface area contributed by atoms with E-state index in [9.17, 15) is 9.18 Å². The van der Waals surface area contributed by atoms with Gasteiger partial charge in [0.05, 0.1) is 24.0 Å². The number of fused-ring (bicyclic) bond motifs is 1. The molecule has 0 saturated carbocycles. The number of aromatic nitrogens is 2. The van der Waals surface area contributed by atoms with E-state index in [1.54, 1.807) is 41.9 Å². The van der Waals surface area contributed by atoms with E-state index >= 15 is 0 Å². The van der Waals surface area contributed by atoms with Gasteiger partial charge in [0.15, 0.2) is 11.5 Å². The van der Waals surface area contributed by atoms with Crippen molar-refractivity contribution in [2.75, 3.05) is 6.79 Å². The molecule has 29 heavy (non-hydrogen) atoms. The highest BCUT2D eigenvalue weighted by atomic mass is 35.5. The third-order valence-electron chi connectivity index (χ3n) is 4.35. The van der Waals surface area contributed by atoms with Gasteiger partial charge >= 0.3 is 0 Å². The summed E-state index contributed by atoms with van der Waals surface area (Å²) in [5.41, 5.74) is 4.94. The van der Waals surface area contributed by atoms with Crippen molar-refractivity contribution in [2.24, 2.45) is 5.10 Å². The Morgan fingerprint density at radius 3 is 2.83 bits per heavy atom. The molecule has 0 atom stereocenters. The van der Waals surface area contributed by atoms with Crippen LogP contribution in [0.3, 0.4) is 0 Å². The van der Waals surface area contributed by atoms with Crippen molar-refractivity contribution in [1.82, 2.24) is 15.2 Å². The van der Waals surface area contributed by atoms with Gasteiger partial charge in [-0.1, -0.05) is 23.7 Å². The van der Waals surface area contributed by atoms with Crippen molar-refractivity contribution in [3.8, 4) is 11.5 Å². The van der Waals surface area contributed by atoms with Crippen LogP contribution in [0.15, 0.2) is 47.6 Å². The summed E-state index contributed by atoms with van der Waals surface area (Å²) >= 11 is 6.40. The Hall–Kier alpha value is -3.39. The van der Waals surface area contributed by atoms with Crippen molar-refractivity contribution in [1.29, 1.82) is 0 Å². The smallest absolute Gasteiger partial charge is 0.271 e. The van der Waals surface area contributed by atoms with Crippen LogP contribution >= 0.6 is 11.6 Å². The molecule has 148 valence electrons. The van der Waals surface area contributed by atoms with Gasteiger partial charge in [-0.3, -0.25) is 4.79 Å². The van der Waals surface area contributed by atoms with Crippen LogP contribution in [0.1, 0.15) is 27.2 Å². The Kier molecular flexibility index (Phi) is 5.18. The lowest BCUT2D eigenvalue weighted by Crippen LogP contribution is -2.17. The second kappa shape index (κ2) is 7.92. The molecule has 0 bridgehead atoms. The lowest BCUT2D eigenvalue weighted by atomic mass is 10.2. The Labute approximate surface area is 170 Å². The lowest BCUT2D eigenvalue weighted by molar-refractivity contribution is 0.0954. The summed E-state index contributed by atoms with van der Waals surface area (Å²) in [7, 11) is 0. The molecule has 3 aromatic rings. The van der Waals surface area contributed by atoms with Crippen molar-refractivity contribution in [3.05, 3.63) is 75.8 Å². The zero-order valence-corrected chi connectivity index (χ0v) is 16.1. The summed E-state index contributed by atoms with van der Waals surface area (Å²) in [6.45, 7) is 2.31. The number of hydrogen-bond donors (Lipinski definition) is 1. The molecule has 7 nitrogen and oxygen atoms in total. The number of nitrogens with zero attached hydrogens (tertiary/aromatic N) is 3. The first-order valence-electron chi connectivity index (χ1n) is 8.71. The molecule has 0 saturated heterocycles.